The molecule has 0 aromatic carbocycles. The first-order chi connectivity index (χ1) is 15.5. The third-order valence-electron chi connectivity index (χ3n) is 5.98. The minimum absolute atomic E-state index is 0.00783. The van der Waals surface area contributed by atoms with E-state index in [1.165, 1.54) is 31.0 Å². The zero-order valence-corrected chi connectivity index (χ0v) is 20.7. The maximum Gasteiger partial charge on any atom is 0.317 e. The van der Waals surface area contributed by atoms with Crippen LogP contribution in [-0.4, -0.2) is 70.8 Å². The van der Waals surface area contributed by atoms with Gasteiger partial charge in [0.15, 0.2) is 5.16 Å². The summed E-state index contributed by atoms with van der Waals surface area (Å²) in [6.07, 6.45) is 7.80. The lowest BCUT2D eigenvalue weighted by Crippen LogP contribution is -2.56. The molecule has 2 heterocycles. The van der Waals surface area contributed by atoms with Gasteiger partial charge in [0.25, 0.3) is 0 Å². The molecule has 1 saturated carbocycles. The molecule has 2 N–H and O–H groups in total. The number of hydrogen-bond donors (Lipinski definition) is 2. The number of urea groups is 1. The summed E-state index contributed by atoms with van der Waals surface area (Å²) in [7, 11) is 0. The molecule has 0 spiro atoms. The molecule has 1 aromatic heterocycles. The van der Waals surface area contributed by atoms with Gasteiger partial charge in [0.1, 0.15) is 11.0 Å². The summed E-state index contributed by atoms with van der Waals surface area (Å²) in [4.78, 5) is 37.7. The Bertz CT molecular complexity index is 777. The zero-order valence-electron chi connectivity index (χ0n) is 19.1. The first-order valence-electron chi connectivity index (χ1n) is 11.7. The van der Waals surface area contributed by atoms with Crippen molar-refractivity contribution >= 4 is 41.1 Å². The van der Waals surface area contributed by atoms with Gasteiger partial charge in [0, 0.05) is 44.3 Å². The second-order valence-corrected chi connectivity index (χ2v) is 9.93. The van der Waals surface area contributed by atoms with Crippen molar-refractivity contribution in [3.63, 3.8) is 0 Å². The highest BCUT2D eigenvalue weighted by Crippen LogP contribution is 2.24. The van der Waals surface area contributed by atoms with Crippen molar-refractivity contribution in [2.45, 2.75) is 76.0 Å². The molecule has 1 aromatic rings. The third kappa shape index (κ3) is 7.40. The fourth-order valence-corrected chi connectivity index (χ4v) is 5.09. The summed E-state index contributed by atoms with van der Waals surface area (Å²) in [5, 5.41) is 6.97. The van der Waals surface area contributed by atoms with Crippen LogP contribution in [0.3, 0.4) is 0 Å². The van der Waals surface area contributed by atoms with E-state index in [0.717, 1.165) is 31.5 Å². The second kappa shape index (κ2) is 12.5. The lowest BCUT2D eigenvalue weighted by molar-refractivity contribution is -0.119. The lowest BCUT2D eigenvalue weighted by Gasteiger charge is -2.40. The molecule has 32 heavy (non-hydrogen) atoms. The van der Waals surface area contributed by atoms with Crippen LogP contribution in [-0.2, 0) is 4.79 Å². The molecule has 3 amide bonds. The molecule has 2 aliphatic rings. The van der Waals surface area contributed by atoms with E-state index in [-0.39, 0.29) is 23.7 Å². The Hall–Kier alpha value is -1.74. The van der Waals surface area contributed by atoms with Gasteiger partial charge in [-0.15, -0.1) is 0 Å². The van der Waals surface area contributed by atoms with Crippen LogP contribution >= 0.6 is 23.4 Å². The highest BCUT2D eigenvalue weighted by Gasteiger charge is 2.28. The minimum Gasteiger partial charge on any atom is -0.353 e. The molecule has 1 saturated heterocycles. The summed E-state index contributed by atoms with van der Waals surface area (Å²) in [5.74, 6) is 1.03. The van der Waals surface area contributed by atoms with Crippen molar-refractivity contribution in [3.8, 4) is 0 Å². The molecule has 10 heteroatoms. The largest absolute Gasteiger partial charge is 0.353 e. The Morgan fingerprint density at radius 3 is 2.72 bits per heavy atom. The van der Waals surface area contributed by atoms with Crippen molar-refractivity contribution in [1.29, 1.82) is 0 Å². The predicted molar refractivity (Wildman–Crippen MR) is 129 cm³/mol. The van der Waals surface area contributed by atoms with Gasteiger partial charge in [-0.2, -0.15) is 0 Å². The van der Waals surface area contributed by atoms with E-state index in [0.29, 0.717) is 42.5 Å². The highest BCUT2D eigenvalue weighted by atomic mass is 35.5. The maximum atomic E-state index is 12.4. The molecule has 1 unspecified atom stereocenters. The number of piperazine rings is 1. The number of aromatic nitrogens is 2. The number of nitrogens with zero attached hydrogens (tertiary/aromatic N) is 4. The van der Waals surface area contributed by atoms with E-state index in [1.807, 2.05) is 11.8 Å². The number of nitrogens with one attached hydrogen (secondary N) is 2. The van der Waals surface area contributed by atoms with Gasteiger partial charge in [0.05, 0.1) is 5.75 Å². The van der Waals surface area contributed by atoms with Gasteiger partial charge in [-0.25, -0.2) is 14.8 Å². The van der Waals surface area contributed by atoms with Gasteiger partial charge in [-0.05, 0) is 26.2 Å². The molecule has 178 valence electrons. The highest BCUT2D eigenvalue weighted by molar-refractivity contribution is 7.99. The van der Waals surface area contributed by atoms with Crippen LogP contribution in [0.2, 0.25) is 5.15 Å². The molecule has 1 aliphatic heterocycles. The fourth-order valence-electron chi connectivity index (χ4n) is 4.20. The molecule has 8 nitrogen and oxygen atoms in total. The molecule has 2 fully saturated rings. The maximum absolute atomic E-state index is 12.4. The summed E-state index contributed by atoms with van der Waals surface area (Å²) < 4.78 is 0. The summed E-state index contributed by atoms with van der Waals surface area (Å²) >= 11 is 7.57. The normalized spacial score (nSPS) is 19.7. The molecular formula is C22H35ClN6O2S. The number of unbranched alkanes of at least 4 members (excludes halogenated alkanes) is 1. The number of thioether (sulfide) groups is 1. The number of halogens is 1. The number of amides is 3. The van der Waals surface area contributed by atoms with Crippen LogP contribution in [0, 0.1) is 0 Å². The number of hydrogen-bond acceptors (Lipinski definition) is 6. The fraction of sp³-hybridized carbons (Fsp3) is 0.727. The van der Waals surface area contributed by atoms with Crippen molar-refractivity contribution in [2.24, 2.45) is 0 Å². The predicted octanol–water partition coefficient (Wildman–Crippen LogP) is 3.69. The number of carbonyl (C=O) groups is 2. The first kappa shape index (κ1) is 24.9. The number of anilines is 1. The van der Waals surface area contributed by atoms with Crippen LogP contribution in [0.15, 0.2) is 11.2 Å². The van der Waals surface area contributed by atoms with Gasteiger partial charge < -0.3 is 20.4 Å². The Labute approximate surface area is 200 Å². The Balaban J connectivity index is 1.52. The third-order valence-corrected chi connectivity index (χ3v) is 7.02. The summed E-state index contributed by atoms with van der Waals surface area (Å²) in [6, 6.07) is 2.09. The first-order valence-corrected chi connectivity index (χ1v) is 13.1. The van der Waals surface area contributed by atoms with Crippen molar-refractivity contribution in [2.75, 3.05) is 36.8 Å². The monoisotopic (exact) mass is 482 g/mol. The summed E-state index contributed by atoms with van der Waals surface area (Å²) in [6.45, 7) is 6.81. The Kier molecular flexibility index (Phi) is 9.71. The van der Waals surface area contributed by atoms with Crippen LogP contribution in [0.5, 0.6) is 0 Å². The Morgan fingerprint density at radius 2 is 2.00 bits per heavy atom. The number of carbonyl (C=O) groups excluding carboxylic acids is 2. The van der Waals surface area contributed by atoms with Crippen LogP contribution < -0.4 is 15.5 Å². The van der Waals surface area contributed by atoms with E-state index >= 15 is 0 Å². The van der Waals surface area contributed by atoms with Gasteiger partial charge in [0.2, 0.25) is 5.91 Å². The molecule has 0 bridgehead atoms. The SMILES string of the molecule is CCCCNC(=O)N1CCN(c2cc(Cl)nc(SCC(=O)NC3CCCCC3)n2)CC1C. The average molecular weight is 483 g/mol. The van der Waals surface area contributed by atoms with Gasteiger partial charge in [-0.3, -0.25) is 4.79 Å². The van der Waals surface area contributed by atoms with Crippen LogP contribution in [0.25, 0.3) is 0 Å². The number of rotatable bonds is 8. The molecule has 1 atom stereocenters. The average Bonchev–Trinajstić information content (AvgIpc) is 2.78. The molecular weight excluding hydrogens is 448 g/mol. The quantitative estimate of drug-likeness (QED) is 0.254. The minimum atomic E-state index is -0.00783. The van der Waals surface area contributed by atoms with E-state index in [9.17, 15) is 9.59 Å². The van der Waals surface area contributed by atoms with E-state index in [4.69, 9.17) is 11.6 Å². The van der Waals surface area contributed by atoms with E-state index in [1.54, 1.807) is 6.07 Å². The van der Waals surface area contributed by atoms with Crippen LogP contribution in [0.4, 0.5) is 10.6 Å². The molecule has 0 radical (unpaired) electrons. The lowest BCUT2D eigenvalue weighted by atomic mass is 9.95. The zero-order chi connectivity index (χ0) is 22.9. The van der Waals surface area contributed by atoms with Gasteiger partial charge >= 0.3 is 6.03 Å². The molecule has 1 aliphatic carbocycles. The van der Waals surface area contributed by atoms with Crippen molar-refractivity contribution in [3.05, 3.63) is 11.2 Å². The topological polar surface area (TPSA) is 90.5 Å². The van der Waals surface area contributed by atoms with E-state index in [2.05, 4.69) is 32.4 Å². The second-order valence-electron chi connectivity index (χ2n) is 8.60. The smallest absolute Gasteiger partial charge is 0.317 e. The summed E-state index contributed by atoms with van der Waals surface area (Å²) in [5.41, 5.74) is 0. The molecule has 3 rings (SSSR count). The van der Waals surface area contributed by atoms with Crippen LogP contribution in [0.1, 0.15) is 58.8 Å². The van der Waals surface area contributed by atoms with Gasteiger partial charge in [-0.1, -0.05) is 56.0 Å². The van der Waals surface area contributed by atoms with E-state index < -0.39 is 0 Å². The standard InChI is InChI=1S/C22H35ClN6O2S/c1-3-4-10-24-22(31)29-12-11-28(14-16(29)2)19-13-18(23)26-21(27-19)32-15-20(30)25-17-8-6-5-7-9-17/h13,16-17H,3-12,14-15H2,1-2H3,(H,24,31)(H,25,30). The van der Waals surface area contributed by atoms with Crippen molar-refractivity contribution < 1.29 is 9.59 Å². The van der Waals surface area contributed by atoms with Crippen molar-refractivity contribution in [1.82, 2.24) is 25.5 Å². The Morgan fingerprint density at radius 1 is 1.22 bits per heavy atom.